The van der Waals surface area contributed by atoms with Gasteiger partial charge in [-0.15, -0.1) is 0 Å². The molecule has 7 heteroatoms. The minimum atomic E-state index is -0.463. The van der Waals surface area contributed by atoms with Gasteiger partial charge in [-0.05, 0) is 37.3 Å². The summed E-state index contributed by atoms with van der Waals surface area (Å²) in [5.41, 5.74) is 2.09. The highest BCUT2D eigenvalue weighted by molar-refractivity contribution is 5.94. The molecular formula is C21H21N3O4. The van der Waals surface area contributed by atoms with Crippen LogP contribution in [0.2, 0.25) is 0 Å². The van der Waals surface area contributed by atoms with E-state index < -0.39 is 5.97 Å². The van der Waals surface area contributed by atoms with E-state index in [0.29, 0.717) is 43.0 Å². The van der Waals surface area contributed by atoms with Crippen molar-refractivity contribution in [3.63, 3.8) is 0 Å². The number of nitrogens with zero attached hydrogens (tertiary/aromatic N) is 3. The van der Waals surface area contributed by atoms with Crippen molar-refractivity contribution in [1.29, 1.82) is 0 Å². The summed E-state index contributed by atoms with van der Waals surface area (Å²) in [6.07, 6.45) is 1.54. The average Bonchev–Trinajstić information content (AvgIpc) is 2.74. The lowest BCUT2D eigenvalue weighted by atomic mass is 10.1. The van der Waals surface area contributed by atoms with E-state index in [0.717, 1.165) is 5.69 Å². The highest BCUT2D eigenvalue weighted by atomic mass is 16.5. The van der Waals surface area contributed by atoms with Crippen molar-refractivity contribution in [1.82, 2.24) is 4.90 Å². The largest absolute Gasteiger partial charge is 0.462 e. The van der Waals surface area contributed by atoms with Crippen LogP contribution in [0.15, 0.2) is 53.5 Å². The summed E-state index contributed by atoms with van der Waals surface area (Å²) < 4.78 is 4.99. The fraction of sp³-hybridized carbons (Fsp3) is 0.286. The molecule has 0 saturated carbocycles. The zero-order valence-electron chi connectivity index (χ0n) is 15.6. The van der Waals surface area contributed by atoms with Gasteiger partial charge in [0.15, 0.2) is 0 Å². The van der Waals surface area contributed by atoms with E-state index in [-0.39, 0.29) is 12.5 Å². The van der Waals surface area contributed by atoms with E-state index in [9.17, 15) is 14.4 Å². The van der Waals surface area contributed by atoms with Crippen LogP contribution in [-0.4, -0.2) is 55.6 Å². The quantitative estimate of drug-likeness (QED) is 0.453. The van der Waals surface area contributed by atoms with Crippen LogP contribution < -0.4 is 4.90 Å². The number of ether oxygens (including phenoxy) is 1. The van der Waals surface area contributed by atoms with Crippen LogP contribution in [0.4, 0.5) is 11.4 Å². The molecule has 1 aliphatic heterocycles. The van der Waals surface area contributed by atoms with Gasteiger partial charge in [-0.2, -0.15) is 4.99 Å². The molecule has 2 aromatic rings. The first kappa shape index (κ1) is 19.3. The van der Waals surface area contributed by atoms with Gasteiger partial charge < -0.3 is 14.5 Å². The monoisotopic (exact) mass is 379 g/mol. The van der Waals surface area contributed by atoms with E-state index in [1.807, 2.05) is 28.0 Å². The molecule has 0 N–H and O–H groups in total. The van der Waals surface area contributed by atoms with Crippen molar-refractivity contribution >= 4 is 29.3 Å². The molecule has 1 amide bonds. The van der Waals surface area contributed by atoms with Crippen LogP contribution in [0.25, 0.3) is 0 Å². The van der Waals surface area contributed by atoms with E-state index in [2.05, 4.69) is 4.99 Å². The van der Waals surface area contributed by atoms with Gasteiger partial charge in [0.1, 0.15) is 5.69 Å². The van der Waals surface area contributed by atoms with Crippen LogP contribution in [0.1, 0.15) is 27.6 Å². The Balaban J connectivity index is 1.73. The maximum absolute atomic E-state index is 12.6. The number of hydrogen-bond acceptors (Lipinski definition) is 6. The number of benzene rings is 2. The minimum Gasteiger partial charge on any atom is -0.462 e. The topological polar surface area (TPSA) is 79.3 Å². The highest BCUT2D eigenvalue weighted by Gasteiger charge is 2.24. The van der Waals surface area contributed by atoms with Gasteiger partial charge in [-0.3, -0.25) is 4.79 Å². The Bertz CT molecular complexity index is 899. The molecule has 1 aliphatic rings. The summed E-state index contributed by atoms with van der Waals surface area (Å²) in [5.74, 6) is -0.460. The number of carbonyl (C=O) groups is 2. The Morgan fingerprint density at radius 2 is 1.75 bits per heavy atom. The molecule has 0 radical (unpaired) electrons. The van der Waals surface area contributed by atoms with E-state index in [1.165, 1.54) is 6.07 Å². The lowest BCUT2D eigenvalue weighted by Gasteiger charge is -2.36. The molecule has 0 aliphatic carbocycles. The molecule has 1 heterocycles. The predicted molar refractivity (Wildman–Crippen MR) is 105 cm³/mol. The van der Waals surface area contributed by atoms with Crippen LogP contribution >= 0.6 is 0 Å². The van der Waals surface area contributed by atoms with Crippen molar-refractivity contribution in [2.75, 3.05) is 37.7 Å². The Hall–Kier alpha value is -3.44. The van der Waals surface area contributed by atoms with Crippen LogP contribution in [0.5, 0.6) is 0 Å². The van der Waals surface area contributed by atoms with Gasteiger partial charge in [0, 0.05) is 31.7 Å². The third-order valence-corrected chi connectivity index (χ3v) is 4.58. The number of isocyanates is 1. The summed E-state index contributed by atoms with van der Waals surface area (Å²) in [6.45, 7) is 4.30. The number of rotatable bonds is 5. The summed E-state index contributed by atoms with van der Waals surface area (Å²) in [7, 11) is 0. The number of hydrogen-bond donors (Lipinski definition) is 0. The van der Waals surface area contributed by atoms with Gasteiger partial charge in [-0.1, -0.05) is 18.2 Å². The molecule has 0 aromatic heterocycles. The molecule has 7 nitrogen and oxygen atoms in total. The SMILES string of the molecule is CCOC(=O)c1ccc(N2CCN(C(=O)c3ccccc3)CC2)c(N=C=O)c1. The third kappa shape index (κ3) is 4.27. The van der Waals surface area contributed by atoms with E-state index in [1.54, 1.807) is 37.3 Å². The number of carbonyl (C=O) groups excluding carboxylic acids is 3. The molecule has 28 heavy (non-hydrogen) atoms. The second-order valence-corrected chi connectivity index (χ2v) is 6.27. The van der Waals surface area contributed by atoms with E-state index >= 15 is 0 Å². The molecule has 0 spiro atoms. The normalized spacial score (nSPS) is 13.6. The Labute approximate surface area is 163 Å². The maximum Gasteiger partial charge on any atom is 0.338 e. The number of amides is 1. The Kier molecular flexibility index (Phi) is 6.19. The average molecular weight is 379 g/mol. The zero-order valence-corrected chi connectivity index (χ0v) is 15.6. The molecule has 0 unspecified atom stereocenters. The molecular weight excluding hydrogens is 358 g/mol. The summed E-state index contributed by atoms with van der Waals surface area (Å²) in [5, 5.41) is 0. The standard InChI is InChI=1S/C21H21N3O4/c1-2-28-21(27)17-8-9-19(18(14-17)22-15-25)23-10-12-24(13-11-23)20(26)16-6-4-3-5-7-16/h3-9,14H,2,10-13H2,1H3. The third-order valence-electron chi connectivity index (χ3n) is 4.58. The predicted octanol–water partition coefficient (Wildman–Crippen LogP) is 2.79. The zero-order chi connectivity index (χ0) is 19.9. The van der Waals surface area contributed by atoms with Crippen molar-refractivity contribution in [3.8, 4) is 0 Å². The van der Waals surface area contributed by atoms with Crippen molar-refractivity contribution < 1.29 is 19.1 Å². The van der Waals surface area contributed by atoms with Crippen molar-refractivity contribution in [2.45, 2.75) is 6.92 Å². The first-order valence-corrected chi connectivity index (χ1v) is 9.12. The fourth-order valence-electron chi connectivity index (χ4n) is 3.18. The van der Waals surface area contributed by atoms with Gasteiger partial charge in [0.2, 0.25) is 6.08 Å². The number of aliphatic imine (C=N–C) groups is 1. The Morgan fingerprint density at radius 1 is 1.04 bits per heavy atom. The van der Waals surface area contributed by atoms with Gasteiger partial charge >= 0.3 is 5.97 Å². The lowest BCUT2D eigenvalue weighted by molar-refractivity contribution is 0.0526. The van der Waals surface area contributed by atoms with Gasteiger partial charge in [-0.25, -0.2) is 9.59 Å². The number of esters is 1. The van der Waals surface area contributed by atoms with Crippen molar-refractivity contribution in [3.05, 3.63) is 59.7 Å². The van der Waals surface area contributed by atoms with Gasteiger partial charge in [0.05, 0.1) is 17.9 Å². The van der Waals surface area contributed by atoms with Crippen LogP contribution in [0.3, 0.4) is 0 Å². The first-order chi connectivity index (χ1) is 13.6. The second-order valence-electron chi connectivity index (χ2n) is 6.27. The lowest BCUT2D eigenvalue weighted by Crippen LogP contribution is -2.48. The highest BCUT2D eigenvalue weighted by Crippen LogP contribution is 2.31. The minimum absolute atomic E-state index is 0.00375. The van der Waals surface area contributed by atoms with Crippen LogP contribution in [0, 0.1) is 0 Å². The molecule has 2 aromatic carbocycles. The van der Waals surface area contributed by atoms with E-state index in [4.69, 9.17) is 4.74 Å². The van der Waals surface area contributed by atoms with Crippen LogP contribution in [-0.2, 0) is 9.53 Å². The van der Waals surface area contributed by atoms with Gasteiger partial charge in [0.25, 0.3) is 5.91 Å². The molecule has 1 fully saturated rings. The summed E-state index contributed by atoms with van der Waals surface area (Å²) in [6, 6.07) is 14.1. The number of piperazine rings is 1. The molecule has 3 rings (SSSR count). The second kappa shape index (κ2) is 8.97. The first-order valence-electron chi connectivity index (χ1n) is 9.12. The molecule has 0 bridgehead atoms. The summed E-state index contributed by atoms with van der Waals surface area (Å²) >= 11 is 0. The molecule has 144 valence electrons. The fourth-order valence-corrected chi connectivity index (χ4v) is 3.18. The number of anilines is 1. The van der Waals surface area contributed by atoms with Crippen molar-refractivity contribution in [2.24, 2.45) is 4.99 Å². The molecule has 1 saturated heterocycles. The summed E-state index contributed by atoms with van der Waals surface area (Å²) in [4.78, 5) is 42.9. The smallest absolute Gasteiger partial charge is 0.338 e. The Morgan fingerprint density at radius 3 is 2.39 bits per heavy atom. The maximum atomic E-state index is 12.6. The molecule has 0 atom stereocenters.